The zero-order chi connectivity index (χ0) is 21.4. The van der Waals surface area contributed by atoms with E-state index in [0.29, 0.717) is 0 Å². The first-order valence-corrected chi connectivity index (χ1v) is 13.0. The normalized spacial score (nSPS) is 18.5. The lowest BCUT2D eigenvalue weighted by atomic mass is 9.91. The van der Waals surface area contributed by atoms with Crippen molar-refractivity contribution < 1.29 is 4.53 Å². The molecule has 0 heterocycles. The number of hydrogen-bond donors (Lipinski definition) is 0. The van der Waals surface area contributed by atoms with Gasteiger partial charge in [0, 0.05) is 5.92 Å². The fourth-order valence-electron chi connectivity index (χ4n) is 4.36. The van der Waals surface area contributed by atoms with Crippen LogP contribution >= 0.6 is 0 Å². The van der Waals surface area contributed by atoms with Crippen molar-refractivity contribution in [2.24, 2.45) is 11.1 Å². The molecule has 1 atom stereocenters. The van der Waals surface area contributed by atoms with E-state index in [0.717, 1.165) is 44.2 Å². The molecule has 0 N–H and O–H groups in total. The molecule has 4 rings (SSSR count). The summed E-state index contributed by atoms with van der Waals surface area (Å²) in [6.07, 6.45) is 5.80. The minimum Gasteiger partial charge on any atom is -0.438 e. The van der Waals surface area contributed by atoms with Crippen LogP contribution in [0.5, 0.6) is 0 Å². The van der Waals surface area contributed by atoms with Crippen molar-refractivity contribution in [3.05, 3.63) is 91.0 Å². The third kappa shape index (κ3) is 4.78. The van der Waals surface area contributed by atoms with Crippen LogP contribution in [0.3, 0.4) is 0 Å². The zero-order valence-corrected chi connectivity index (χ0v) is 18.8. The maximum atomic E-state index is 9.39. The van der Waals surface area contributed by atoms with Gasteiger partial charge in [0.05, 0.1) is 11.8 Å². The highest BCUT2D eigenvalue weighted by atomic mass is 28.4. The fourth-order valence-corrected chi connectivity index (χ4v) is 7.93. The van der Waals surface area contributed by atoms with Gasteiger partial charge in [-0.25, -0.2) is 0 Å². The van der Waals surface area contributed by atoms with Gasteiger partial charge in [0.1, 0.15) is 0 Å². The van der Waals surface area contributed by atoms with Gasteiger partial charge < -0.3 is 4.53 Å². The Balaban J connectivity index is 1.80. The van der Waals surface area contributed by atoms with E-state index in [2.05, 4.69) is 78.9 Å². The Labute approximate surface area is 186 Å². The van der Waals surface area contributed by atoms with Gasteiger partial charge in [0.25, 0.3) is 0 Å². The molecule has 1 unspecified atom stereocenters. The van der Waals surface area contributed by atoms with Crippen LogP contribution in [0.25, 0.3) is 0 Å². The van der Waals surface area contributed by atoms with Gasteiger partial charge in [-0.05, 0) is 47.7 Å². The van der Waals surface area contributed by atoms with Crippen molar-refractivity contribution in [2.75, 3.05) is 0 Å². The second-order valence-electron chi connectivity index (χ2n) is 8.14. The highest BCUT2D eigenvalue weighted by Crippen LogP contribution is 2.21. The van der Waals surface area contributed by atoms with Gasteiger partial charge in [-0.3, -0.25) is 0 Å². The van der Waals surface area contributed by atoms with E-state index in [4.69, 9.17) is 9.68 Å². The van der Waals surface area contributed by atoms with Crippen LogP contribution in [-0.2, 0) is 4.53 Å². The molecule has 0 spiro atoms. The fraction of sp³-hybridized carbons (Fsp3) is 0.259. The van der Waals surface area contributed by atoms with Gasteiger partial charge in [0.15, 0.2) is 0 Å². The summed E-state index contributed by atoms with van der Waals surface area (Å²) in [6, 6.07) is 34.0. The quantitative estimate of drug-likeness (QED) is 0.343. The molecule has 0 aromatic heterocycles. The van der Waals surface area contributed by atoms with E-state index in [9.17, 15) is 5.26 Å². The van der Waals surface area contributed by atoms with Crippen molar-refractivity contribution in [1.82, 2.24) is 0 Å². The van der Waals surface area contributed by atoms with Gasteiger partial charge >= 0.3 is 8.32 Å². The van der Waals surface area contributed by atoms with Crippen LogP contribution in [-0.4, -0.2) is 14.0 Å². The standard InChI is InChI=1S/C27H28N2OSi/c28-22-23-12-10-11-13-24(21-20-23)29-30-31(25-14-4-1-5-15-25,26-16-6-2-7-17-26)27-18-8-3-9-19-27/h1-9,14-19,23H,10-13,20-21H2. The SMILES string of the molecule is N#CC1CCCCC(=NO[Si](c2ccccc2)(c2ccccc2)c2ccccc2)CC1. The Morgan fingerprint density at radius 2 is 1.23 bits per heavy atom. The number of rotatable bonds is 5. The molecule has 3 nitrogen and oxygen atoms in total. The van der Waals surface area contributed by atoms with E-state index in [1.807, 2.05) is 18.2 Å². The molecule has 0 bridgehead atoms. The highest BCUT2D eigenvalue weighted by molar-refractivity contribution is 7.07. The molecular weight excluding hydrogens is 396 g/mol. The number of nitriles is 1. The van der Waals surface area contributed by atoms with Crippen LogP contribution in [0, 0.1) is 17.2 Å². The minimum absolute atomic E-state index is 0.130. The molecule has 1 aliphatic rings. The molecule has 0 radical (unpaired) electrons. The maximum Gasteiger partial charge on any atom is 0.380 e. The number of benzene rings is 3. The van der Waals surface area contributed by atoms with Crippen molar-refractivity contribution >= 4 is 29.6 Å². The summed E-state index contributed by atoms with van der Waals surface area (Å²) < 4.78 is 6.74. The topological polar surface area (TPSA) is 45.4 Å². The van der Waals surface area contributed by atoms with E-state index in [-0.39, 0.29) is 5.92 Å². The molecule has 3 aromatic rings. The molecule has 1 fully saturated rings. The average Bonchev–Trinajstić information content (AvgIpc) is 2.83. The molecule has 3 aromatic carbocycles. The van der Waals surface area contributed by atoms with Crippen LogP contribution in [0.1, 0.15) is 38.5 Å². The molecule has 1 aliphatic carbocycles. The lowest BCUT2D eigenvalue weighted by Crippen LogP contribution is -2.68. The molecule has 0 aliphatic heterocycles. The molecule has 0 saturated heterocycles. The van der Waals surface area contributed by atoms with Crippen LogP contribution in [0.15, 0.2) is 96.2 Å². The third-order valence-electron chi connectivity index (χ3n) is 6.08. The number of nitrogens with zero attached hydrogens (tertiary/aromatic N) is 2. The summed E-state index contributed by atoms with van der Waals surface area (Å²) in [4.78, 5) is 0. The van der Waals surface area contributed by atoms with Gasteiger partial charge in [-0.2, -0.15) is 5.26 Å². The molecule has 4 heteroatoms. The summed E-state index contributed by atoms with van der Waals surface area (Å²) in [5.74, 6) is 0.130. The van der Waals surface area contributed by atoms with E-state index in [1.165, 1.54) is 15.6 Å². The Hall–Kier alpha value is -3.16. The van der Waals surface area contributed by atoms with Crippen LogP contribution in [0.4, 0.5) is 0 Å². The largest absolute Gasteiger partial charge is 0.438 e. The molecule has 156 valence electrons. The minimum atomic E-state index is -2.81. The molecule has 1 saturated carbocycles. The van der Waals surface area contributed by atoms with Crippen LogP contribution in [0.2, 0.25) is 0 Å². The second kappa shape index (κ2) is 10.2. The Kier molecular flexibility index (Phi) is 6.96. The predicted octanol–water partition coefficient (Wildman–Crippen LogP) is 4.52. The van der Waals surface area contributed by atoms with E-state index < -0.39 is 8.32 Å². The lowest BCUT2D eigenvalue weighted by molar-refractivity contribution is 0.343. The summed E-state index contributed by atoms with van der Waals surface area (Å²) in [7, 11) is -2.81. The Bertz CT molecular complexity index is 932. The van der Waals surface area contributed by atoms with Crippen molar-refractivity contribution in [3.63, 3.8) is 0 Å². The lowest BCUT2D eigenvalue weighted by Gasteiger charge is -2.30. The first kappa shape index (κ1) is 21.1. The smallest absolute Gasteiger partial charge is 0.380 e. The second-order valence-corrected chi connectivity index (χ2v) is 11.4. The first-order chi connectivity index (χ1) is 15.3. The summed E-state index contributed by atoms with van der Waals surface area (Å²) in [5.41, 5.74) is 1.08. The molecule has 31 heavy (non-hydrogen) atoms. The Morgan fingerprint density at radius 1 is 0.710 bits per heavy atom. The van der Waals surface area contributed by atoms with Crippen molar-refractivity contribution in [3.8, 4) is 6.07 Å². The summed E-state index contributed by atoms with van der Waals surface area (Å²) in [6.45, 7) is 0. The molecular formula is C27H28N2OSi. The third-order valence-corrected chi connectivity index (χ3v) is 9.89. The molecule has 0 amide bonds. The number of hydrogen-bond acceptors (Lipinski definition) is 3. The average molecular weight is 425 g/mol. The van der Waals surface area contributed by atoms with Crippen molar-refractivity contribution in [1.29, 1.82) is 5.26 Å². The predicted molar refractivity (Wildman–Crippen MR) is 129 cm³/mol. The van der Waals surface area contributed by atoms with E-state index >= 15 is 0 Å². The highest BCUT2D eigenvalue weighted by Gasteiger charge is 2.45. The van der Waals surface area contributed by atoms with Crippen molar-refractivity contribution in [2.45, 2.75) is 38.5 Å². The van der Waals surface area contributed by atoms with Gasteiger partial charge in [-0.1, -0.05) is 97.4 Å². The summed E-state index contributed by atoms with van der Waals surface area (Å²) >= 11 is 0. The van der Waals surface area contributed by atoms with Gasteiger partial charge in [-0.15, -0.1) is 5.16 Å². The van der Waals surface area contributed by atoms with Crippen LogP contribution < -0.4 is 15.6 Å². The Morgan fingerprint density at radius 3 is 1.71 bits per heavy atom. The summed E-state index contributed by atoms with van der Waals surface area (Å²) in [5, 5.41) is 17.7. The van der Waals surface area contributed by atoms with Gasteiger partial charge in [0.2, 0.25) is 0 Å². The number of oxime groups is 1. The monoisotopic (exact) mass is 424 g/mol. The zero-order valence-electron chi connectivity index (χ0n) is 17.8. The first-order valence-electron chi connectivity index (χ1n) is 11.1. The van der Waals surface area contributed by atoms with E-state index in [1.54, 1.807) is 0 Å². The maximum absolute atomic E-state index is 9.39.